The van der Waals surface area contributed by atoms with Crippen LogP contribution in [-0.2, 0) is 23.0 Å². The third kappa shape index (κ3) is 3.66. The summed E-state index contributed by atoms with van der Waals surface area (Å²) in [6, 6.07) is 14.9. The fourth-order valence-electron chi connectivity index (χ4n) is 2.63. The molecule has 126 valence electrons. The van der Waals surface area contributed by atoms with Crippen molar-refractivity contribution in [1.29, 1.82) is 0 Å². The van der Waals surface area contributed by atoms with E-state index >= 15 is 0 Å². The molecular weight excluding hydrogens is 322 g/mol. The van der Waals surface area contributed by atoms with Crippen LogP contribution in [0.5, 0.6) is 0 Å². The number of para-hydroxylation sites is 2. The van der Waals surface area contributed by atoms with Crippen molar-refractivity contribution in [3.8, 4) is 0 Å². The van der Waals surface area contributed by atoms with Crippen LogP contribution in [0.4, 0.5) is 0 Å². The van der Waals surface area contributed by atoms with Crippen molar-refractivity contribution in [2.75, 3.05) is 6.54 Å². The lowest BCUT2D eigenvalue weighted by Gasteiger charge is -2.08. The Bertz CT molecular complexity index is 915. The first-order chi connectivity index (χ1) is 11.6. The van der Waals surface area contributed by atoms with Crippen LogP contribution < -0.4 is 4.72 Å². The van der Waals surface area contributed by atoms with Gasteiger partial charge in [0.2, 0.25) is 10.0 Å². The second-order valence-corrected chi connectivity index (χ2v) is 7.44. The number of hydrogen-bond acceptors (Lipinski definition) is 3. The number of rotatable bonds is 7. The Morgan fingerprint density at radius 1 is 1.08 bits per heavy atom. The zero-order valence-corrected chi connectivity index (χ0v) is 14.5. The Hall–Kier alpha value is -2.18. The fourth-order valence-corrected chi connectivity index (χ4v) is 3.71. The summed E-state index contributed by atoms with van der Waals surface area (Å²) in [5.41, 5.74) is 3.14. The van der Waals surface area contributed by atoms with Crippen LogP contribution in [0, 0.1) is 0 Å². The van der Waals surface area contributed by atoms with Crippen molar-refractivity contribution in [3.63, 3.8) is 0 Å². The first-order valence-electron chi connectivity index (χ1n) is 8.08. The highest BCUT2D eigenvalue weighted by molar-refractivity contribution is 7.89. The highest BCUT2D eigenvalue weighted by Crippen LogP contribution is 2.13. The number of aryl methyl sites for hydroxylation is 2. The van der Waals surface area contributed by atoms with Gasteiger partial charge in [0.1, 0.15) is 0 Å². The van der Waals surface area contributed by atoms with E-state index in [2.05, 4.69) is 9.71 Å². The second kappa shape index (κ2) is 7.15. The van der Waals surface area contributed by atoms with E-state index in [1.165, 1.54) is 0 Å². The van der Waals surface area contributed by atoms with Gasteiger partial charge >= 0.3 is 0 Å². The van der Waals surface area contributed by atoms with Crippen LogP contribution >= 0.6 is 0 Å². The third-order valence-corrected chi connectivity index (χ3v) is 5.51. The van der Waals surface area contributed by atoms with E-state index in [-0.39, 0.29) is 0 Å². The molecule has 2 aromatic carbocycles. The number of benzene rings is 2. The molecule has 0 radical (unpaired) electrons. The van der Waals surface area contributed by atoms with E-state index in [4.69, 9.17) is 0 Å². The van der Waals surface area contributed by atoms with Crippen LogP contribution in [0.25, 0.3) is 11.0 Å². The summed E-state index contributed by atoms with van der Waals surface area (Å²) in [5.74, 6) is 0. The minimum atomic E-state index is -3.44. The molecule has 1 heterocycles. The molecule has 0 fully saturated rings. The van der Waals surface area contributed by atoms with E-state index in [1.54, 1.807) is 18.5 Å². The fraction of sp³-hybridized carbons (Fsp3) is 0.278. The van der Waals surface area contributed by atoms with Crippen molar-refractivity contribution in [2.45, 2.75) is 31.2 Å². The van der Waals surface area contributed by atoms with Gasteiger partial charge < -0.3 is 4.57 Å². The molecule has 3 rings (SSSR count). The van der Waals surface area contributed by atoms with Gasteiger partial charge in [-0.05, 0) is 42.7 Å². The van der Waals surface area contributed by atoms with Crippen LogP contribution in [0.3, 0.4) is 0 Å². The van der Waals surface area contributed by atoms with E-state index in [9.17, 15) is 8.42 Å². The predicted octanol–water partition coefficient (Wildman–Crippen LogP) is 2.97. The van der Waals surface area contributed by atoms with Crippen molar-refractivity contribution in [3.05, 3.63) is 60.4 Å². The summed E-state index contributed by atoms with van der Waals surface area (Å²) in [4.78, 5) is 4.65. The molecule has 5 nitrogen and oxygen atoms in total. The van der Waals surface area contributed by atoms with Crippen molar-refractivity contribution >= 4 is 21.1 Å². The van der Waals surface area contributed by atoms with E-state index in [0.29, 0.717) is 17.9 Å². The Kier molecular flexibility index (Phi) is 4.97. The van der Waals surface area contributed by atoms with Gasteiger partial charge in [0.15, 0.2) is 0 Å². The lowest BCUT2D eigenvalue weighted by atomic mass is 10.2. The molecule has 0 aliphatic heterocycles. The number of aromatic nitrogens is 2. The molecule has 0 bridgehead atoms. The molecule has 0 saturated heterocycles. The minimum absolute atomic E-state index is 0.313. The number of nitrogens with one attached hydrogen (secondary N) is 1. The van der Waals surface area contributed by atoms with E-state index in [1.807, 2.05) is 47.9 Å². The summed E-state index contributed by atoms with van der Waals surface area (Å²) >= 11 is 0. The smallest absolute Gasteiger partial charge is 0.240 e. The highest BCUT2D eigenvalue weighted by Gasteiger charge is 2.12. The maximum atomic E-state index is 12.3. The van der Waals surface area contributed by atoms with Crippen LogP contribution in [0.2, 0.25) is 0 Å². The molecule has 3 aromatic rings. The van der Waals surface area contributed by atoms with Gasteiger partial charge in [0.05, 0.1) is 22.3 Å². The zero-order chi connectivity index (χ0) is 17.0. The number of nitrogens with zero attached hydrogens (tertiary/aromatic N) is 2. The van der Waals surface area contributed by atoms with Crippen molar-refractivity contribution < 1.29 is 8.42 Å². The number of fused-ring (bicyclic) bond motifs is 1. The standard InChI is InChI=1S/C18H21N3O2S/c1-2-15-8-10-16(11-9-15)24(22,23)20-12-5-13-21-14-19-17-6-3-4-7-18(17)21/h3-4,6-11,14,20H,2,5,12-13H2,1H3. The highest BCUT2D eigenvalue weighted by atomic mass is 32.2. The molecule has 1 N–H and O–H groups in total. The number of imidazole rings is 1. The van der Waals surface area contributed by atoms with Crippen LogP contribution in [0.15, 0.2) is 59.8 Å². The number of sulfonamides is 1. The molecule has 6 heteroatoms. The monoisotopic (exact) mass is 343 g/mol. The summed E-state index contributed by atoms with van der Waals surface area (Å²) in [6.45, 7) is 3.16. The van der Waals surface area contributed by atoms with Gasteiger partial charge in [0, 0.05) is 13.1 Å². The third-order valence-electron chi connectivity index (χ3n) is 4.04. The quantitative estimate of drug-likeness (QED) is 0.671. The first-order valence-corrected chi connectivity index (χ1v) is 9.57. The number of hydrogen-bond donors (Lipinski definition) is 1. The molecule has 1 aromatic heterocycles. The van der Waals surface area contributed by atoms with E-state index in [0.717, 1.165) is 29.6 Å². The molecular formula is C18H21N3O2S. The molecule has 0 saturated carbocycles. The SMILES string of the molecule is CCc1ccc(S(=O)(=O)NCCCn2cnc3ccccc32)cc1. The minimum Gasteiger partial charge on any atom is -0.331 e. The summed E-state index contributed by atoms with van der Waals surface area (Å²) in [7, 11) is -3.44. The van der Waals surface area contributed by atoms with Gasteiger partial charge in [-0.15, -0.1) is 0 Å². The molecule has 0 amide bonds. The van der Waals surface area contributed by atoms with Crippen molar-refractivity contribution in [1.82, 2.24) is 14.3 Å². The summed E-state index contributed by atoms with van der Waals surface area (Å²) in [5, 5.41) is 0. The second-order valence-electron chi connectivity index (χ2n) is 5.68. The van der Waals surface area contributed by atoms with Gasteiger partial charge in [-0.25, -0.2) is 18.1 Å². The molecule has 0 unspecified atom stereocenters. The molecule has 0 atom stereocenters. The average molecular weight is 343 g/mol. The Balaban J connectivity index is 1.57. The van der Waals surface area contributed by atoms with Gasteiger partial charge in [-0.2, -0.15) is 0 Å². The average Bonchev–Trinajstić information content (AvgIpc) is 3.02. The van der Waals surface area contributed by atoms with Crippen LogP contribution in [-0.4, -0.2) is 24.5 Å². The largest absolute Gasteiger partial charge is 0.331 e. The molecule has 24 heavy (non-hydrogen) atoms. The predicted molar refractivity (Wildman–Crippen MR) is 95.4 cm³/mol. The molecule has 0 aliphatic carbocycles. The molecule has 0 spiro atoms. The Morgan fingerprint density at radius 2 is 1.83 bits per heavy atom. The maximum absolute atomic E-state index is 12.3. The van der Waals surface area contributed by atoms with Gasteiger partial charge in [-0.1, -0.05) is 31.2 Å². The Labute approximate surface area is 142 Å². The summed E-state index contributed by atoms with van der Waals surface area (Å²) < 4.78 is 29.3. The van der Waals surface area contributed by atoms with E-state index < -0.39 is 10.0 Å². The summed E-state index contributed by atoms with van der Waals surface area (Å²) in [6.07, 6.45) is 3.39. The first kappa shape index (κ1) is 16.7. The topological polar surface area (TPSA) is 64.0 Å². The normalized spacial score (nSPS) is 11.9. The van der Waals surface area contributed by atoms with Gasteiger partial charge in [0.25, 0.3) is 0 Å². The zero-order valence-electron chi connectivity index (χ0n) is 13.6. The lowest BCUT2D eigenvalue weighted by molar-refractivity contribution is 0.571. The van der Waals surface area contributed by atoms with Crippen molar-refractivity contribution in [2.24, 2.45) is 0 Å². The molecule has 0 aliphatic rings. The lowest BCUT2D eigenvalue weighted by Crippen LogP contribution is -2.25. The Morgan fingerprint density at radius 3 is 2.58 bits per heavy atom. The maximum Gasteiger partial charge on any atom is 0.240 e. The van der Waals surface area contributed by atoms with Gasteiger partial charge in [-0.3, -0.25) is 0 Å². The van der Waals surface area contributed by atoms with Crippen LogP contribution in [0.1, 0.15) is 18.9 Å².